The first-order valence-electron chi connectivity index (χ1n) is 8.12. The molecule has 8 nitrogen and oxygen atoms in total. The summed E-state index contributed by atoms with van der Waals surface area (Å²) >= 11 is 0.970. The minimum absolute atomic E-state index is 0.0598. The zero-order chi connectivity index (χ0) is 18.0. The van der Waals surface area contributed by atoms with Gasteiger partial charge in [0.1, 0.15) is 16.3 Å². The number of carboxylic acids is 1. The number of piperidine rings is 1. The minimum Gasteiger partial charge on any atom is -0.477 e. The molecule has 3 heterocycles. The molecule has 1 fully saturated rings. The van der Waals surface area contributed by atoms with E-state index in [1.807, 2.05) is 13.0 Å². The molecule has 9 heteroatoms. The second-order valence-corrected chi connectivity index (χ2v) is 7.13. The summed E-state index contributed by atoms with van der Waals surface area (Å²) in [5.74, 6) is -0.491. The lowest BCUT2D eigenvalue weighted by Gasteiger charge is -2.33. The van der Waals surface area contributed by atoms with Gasteiger partial charge in [0.15, 0.2) is 5.13 Å². The van der Waals surface area contributed by atoms with Crippen LogP contribution in [0.3, 0.4) is 0 Å². The van der Waals surface area contributed by atoms with E-state index in [0.717, 1.165) is 48.6 Å². The Hall–Kier alpha value is -2.26. The van der Waals surface area contributed by atoms with Crippen molar-refractivity contribution in [1.29, 1.82) is 0 Å². The fraction of sp³-hybridized carbons (Fsp3) is 0.500. The number of carboxylic acid groups (broad SMARTS) is 1. The van der Waals surface area contributed by atoms with E-state index in [4.69, 9.17) is 9.63 Å². The van der Waals surface area contributed by atoms with Gasteiger partial charge in [0.2, 0.25) is 5.91 Å². The van der Waals surface area contributed by atoms with Crippen molar-refractivity contribution in [2.75, 3.05) is 18.4 Å². The molecule has 1 atom stereocenters. The molecular weight excluding hydrogens is 344 g/mol. The largest absolute Gasteiger partial charge is 0.477 e. The number of aromatic carboxylic acids is 1. The van der Waals surface area contributed by atoms with E-state index in [0.29, 0.717) is 10.8 Å². The van der Waals surface area contributed by atoms with Crippen LogP contribution in [0.4, 0.5) is 5.13 Å². The van der Waals surface area contributed by atoms with Gasteiger partial charge in [-0.3, -0.25) is 9.69 Å². The Labute approximate surface area is 148 Å². The quantitative estimate of drug-likeness (QED) is 0.839. The van der Waals surface area contributed by atoms with E-state index in [1.165, 1.54) is 0 Å². The average Bonchev–Trinajstić information content (AvgIpc) is 3.13. The number of carbonyl (C=O) groups is 2. The van der Waals surface area contributed by atoms with Gasteiger partial charge in [-0.05, 0) is 33.2 Å². The summed E-state index contributed by atoms with van der Waals surface area (Å²) in [6, 6.07) is 1.97. The SMILES string of the molecule is Cc1cc([C@@H]2CCCCN2CC(=O)Nc2nc(C)c(C(=O)O)s2)no1. The van der Waals surface area contributed by atoms with Crippen molar-refractivity contribution in [3.05, 3.63) is 28.1 Å². The van der Waals surface area contributed by atoms with Gasteiger partial charge in [0.25, 0.3) is 0 Å². The number of amides is 1. The molecule has 0 unspecified atom stereocenters. The smallest absolute Gasteiger partial charge is 0.347 e. The van der Waals surface area contributed by atoms with Crippen molar-refractivity contribution in [3.63, 3.8) is 0 Å². The summed E-state index contributed by atoms with van der Waals surface area (Å²) in [7, 11) is 0. The zero-order valence-electron chi connectivity index (χ0n) is 14.1. The molecule has 134 valence electrons. The van der Waals surface area contributed by atoms with Crippen molar-refractivity contribution in [1.82, 2.24) is 15.0 Å². The minimum atomic E-state index is -1.03. The van der Waals surface area contributed by atoms with E-state index in [-0.39, 0.29) is 23.4 Å². The standard InChI is InChI=1S/C16H20N4O4S/c1-9-7-11(19-24-9)12-5-3-4-6-20(12)8-13(21)18-16-17-10(2)14(25-16)15(22)23/h7,12H,3-6,8H2,1-2H3,(H,22,23)(H,17,18,21)/t12-/m0/s1. The molecule has 1 aliphatic rings. The molecule has 0 aromatic carbocycles. The normalized spacial score (nSPS) is 18.2. The van der Waals surface area contributed by atoms with Crippen LogP contribution < -0.4 is 5.32 Å². The van der Waals surface area contributed by atoms with E-state index >= 15 is 0 Å². The second kappa shape index (κ2) is 7.32. The Balaban J connectivity index is 1.66. The van der Waals surface area contributed by atoms with Gasteiger partial charge in [-0.1, -0.05) is 22.9 Å². The molecular formula is C16H20N4O4S. The van der Waals surface area contributed by atoms with Gasteiger partial charge >= 0.3 is 5.97 Å². The van der Waals surface area contributed by atoms with E-state index < -0.39 is 5.97 Å². The average molecular weight is 364 g/mol. The van der Waals surface area contributed by atoms with Crippen molar-refractivity contribution >= 4 is 28.3 Å². The third-order valence-corrected chi connectivity index (χ3v) is 5.25. The molecule has 1 saturated heterocycles. The maximum Gasteiger partial charge on any atom is 0.347 e. The van der Waals surface area contributed by atoms with Crippen molar-refractivity contribution in [2.24, 2.45) is 0 Å². The third kappa shape index (κ3) is 4.05. The molecule has 0 aliphatic carbocycles. The molecule has 2 aromatic rings. The molecule has 25 heavy (non-hydrogen) atoms. The number of aryl methyl sites for hydroxylation is 2. The topological polar surface area (TPSA) is 109 Å². The molecule has 0 radical (unpaired) electrons. The highest BCUT2D eigenvalue weighted by Gasteiger charge is 2.28. The Morgan fingerprint density at radius 1 is 1.44 bits per heavy atom. The molecule has 1 aliphatic heterocycles. The molecule has 0 saturated carbocycles. The molecule has 1 amide bonds. The number of anilines is 1. The van der Waals surface area contributed by atoms with Crippen LogP contribution in [0.15, 0.2) is 10.6 Å². The number of aromatic nitrogens is 2. The van der Waals surface area contributed by atoms with Crippen LogP contribution in [-0.4, -0.2) is 45.1 Å². The van der Waals surface area contributed by atoms with E-state index in [1.54, 1.807) is 6.92 Å². The zero-order valence-corrected chi connectivity index (χ0v) is 14.9. The Bertz CT molecular complexity index is 785. The van der Waals surface area contributed by atoms with Gasteiger partial charge in [-0.2, -0.15) is 0 Å². The first-order valence-corrected chi connectivity index (χ1v) is 8.93. The molecule has 2 aromatic heterocycles. The number of hydrogen-bond donors (Lipinski definition) is 2. The van der Waals surface area contributed by atoms with Gasteiger partial charge in [0.05, 0.1) is 18.3 Å². The second-order valence-electron chi connectivity index (χ2n) is 6.13. The molecule has 0 spiro atoms. The highest BCUT2D eigenvalue weighted by Crippen LogP contribution is 2.30. The number of likely N-dealkylation sites (tertiary alicyclic amines) is 1. The first-order chi connectivity index (χ1) is 11.9. The highest BCUT2D eigenvalue weighted by molar-refractivity contribution is 7.17. The summed E-state index contributed by atoms with van der Waals surface area (Å²) in [5, 5.41) is 16.2. The number of rotatable bonds is 5. The monoisotopic (exact) mass is 364 g/mol. The Morgan fingerprint density at radius 2 is 2.24 bits per heavy atom. The number of thiazole rings is 1. The van der Waals surface area contributed by atoms with Crippen LogP contribution in [0.25, 0.3) is 0 Å². The van der Waals surface area contributed by atoms with Gasteiger partial charge < -0.3 is 14.9 Å². The van der Waals surface area contributed by atoms with Crippen LogP contribution >= 0.6 is 11.3 Å². The van der Waals surface area contributed by atoms with Crippen LogP contribution in [0.1, 0.15) is 52.1 Å². The molecule has 3 rings (SSSR count). The maximum absolute atomic E-state index is 12.4. The molecule has 0 bridgehead atoms. The Morgan fingerprint density at radius 3 is 2.88 bits per heavy atom. The van der Waals surface area contributed by atoms with Crippen molar-refractivity contribution in [2.45, 2.75) is 39.2 Å². The predicted octanol–water partition coefficient (Wildman–Crippen LogP) is 2.61. The summed E-state index contributed by atoms with van der Waals surface area (Å²) in [5.41, 5.74) is 1.25. The Kier molecular flexibility index (Phi) is 5.14. The van der Waals surface area contributed by atoms with Crippen LogP contribution in [0.5, 0.6) is 0 Å². The van der Waals surface area contributed by atoms with Gasteiger partial charge in [0, 0.05) is 6.07 Å². The first kappa shape index (κ1) is 17.6. The number of hydrogen-bond acceptors (Lipinski definition) is 7. The lowest BCUT2D eigenvalue weighted by molar-refractivity contribution is -0.118. The summed E-state index contributed by atoms with van der Waals surface area (Å²) in [6.45, 7) is 4.48. The number of carbonyl (C=O) groups excluding carboxylic acids is 1. The van der Waals surface area contributed by atoms with Crippen LogP contribution in [0.2, 0.25) is 0 Å². The lowest BCUT2D eigenvalue weighted by atomic mass is 9.99. The summed E-state index contributed by atoms with van der Waals surface area (Å²) in [4.78, 5) is 29.8. The number of nitrogens with one attached hydrogen (secondary N) is 1. The third-order valence-electron chi connectivity index (χ3n) is 4.19. The summed E-state index contributed by atoms with van der Waals surface area (Å²) in [6.07, 6.45) is 3.04. The van der Waals surface area contributed by atoms with E-state index in [9.17, 15) is 9.59 Å². The van der Waals surface area contributed by atoms with Crippen molar-refractivity contribution in [3.8, 4) is 0 Å². The summed E-state index contributed by atoms with van der Waals surface area (Å²) < 4.78 is 5.16. The van der Waals surface area contributed by atoms with Gasteiger partial charge in [-0.15, -0.1) is 0 Å². The van der Waals surface area contributed by atoms with Crippen molar-refractivity contribution < 1.29 is 19.2 Å². The van der Waals surface area contributed by atoms with Crippen LogP contribution in [-0.2, 0) is 4.79 Å². The van der Waals surface area contributed by atoms with Crippen LogP contribution in [0, 0.1) is 13.8 Å². The maximum atomic E-state index is 12.4. The van der Waals surface area contributed by atoms with E-state index in [2.05, 4.69) is 20.4 Å². The highest BCUT2D eigenvalue weighted by atomic mass is 32.1. The predicted molar refractivity (Wildman–Crippen MR) is 91.8 cm³/mol. The lowest BCUT2D eigenvalue weighted by Crippen LogP contribution is -2.39. The number of nitrogens with zero attached hydrogens (tertiary/aromatic N) is 3. The fourth-order valence-corrected chi connectivity index (χ4v) is 3.87. The van der Waals surface area contributed by atoms with Gasteiger partial charge in [-0.25, -0.2) is 9.78 Å². The molecule has 2 N–H and O–H groups in total. The fourth-order valence-electron chi connectivity index (χ4n) is 3.05.